The van der Waals surface area contributed by atoms with Crippen LogP contribution in [0, 0.1) is 0 Å². The zero-order valence-corrected chi connectivity index (χ0v) is 15.1. The van der Waals surface area contributed by atoms with Crippen LogP contribution in [0.4, 0.5) is 0 Å². The van der Waals surface area contributed by atoms with Crippen LogP contribution in [-0.2, 0) is 4.74 Å². The first-order valence-electron chi connectivity index (χ1n) is 8.53. The summed E-state index contributed by atoms with van der Waals surface area (Å²) < 4.78 is 16.1. The van der Waals surface area contributed by atoms with Gasteiger partial charge >= 0.3 is 0 Å². The zero-order chi connectivity index (χ0) is 17.6. The second-order valence-electron chi connectivity index (χ2n) is 6.12. The highest BCUT2D eigenvalue weighted by molar-refractivity contribution is 5.38. The lowest BCUT2D eigenvalue weighted by atomic mass is 9.96. The highest BCUT2D eigenvalue weighted by Gasteiger charge is 2.28. The van der Waals surface area contributed by atoms with E-state index in [0.29, 0.717) is 0 Å². The van der Waals surface area contributed by atoms with E-state index >= 15 is 0 Å². The number of rotatable bonds is 6. The SMILES string of the molecule is COc1ccc(C(c2ccc(OC)cc2)N2CCNC(OC)C2)cc1. The molecular formula is C20H26N2O3. The second-order valence-corrected chi connectivity index (χ2v) is 6.12. The summed E-state index contributed by atoms with van der Waals surface area (Å²) >= 11 is 0. The topological polar surface area (TPSA) is 43.0 Å². The van der Waals surface area contributed by atoms with Crippen LogP contribution >= 0.6 is 0 Å². The standard InChI is InChI=1S/C20H26N2O3/c1-23-17-8-4-15(5-9-17)20(16-6-10-18(24-2)11-7-16)22-13-12-21-19(14-22)25-3/h4-11,19-21H,12-14H2,1-3H3. The van der Waals surface area contributed by atoms with Crippen molar-refractivity contribution in [2.24, 2.45) is 0 Å². The van der Waals surface area contributed by atoms with Gasteiger partial charge in [0, 0.05) is 26.7 Å². The maximum absolute atomic E-state index is 5.52. The van der Waals surface area contributed by atoms with Crippen LogP contribution in [0.2, 0.25) is 0 Å². The zero-order valence-electron chi connectivity index (χ0n) is 15.1. The Labute approximate surface area is 149 Å². The fourth-order valence-electron chi connectivity index (χ4n) is 3.32. The first kappa shape index (κ1) is 17.7. The third-order valence-corrected chi connectivity index (χ3v) is 4.68. The van der Waals surface area contributed by atoms with Gasteiger partial charge in [0.25, 0.3) is 0 Å². The second kappa shape index (κ2) is 8.34. The molecule has 5 nitrogen and oxygen atoms in total. The van der Waals surface area contributed by atoms with Crippen molar-refractivity contribution in [1.82, 2.24) is 10.2 Å². The summed E-state index contributed by atoms with van der Waals surface area (Å²) in [6, 6.07) is 16.8. The fraction of sp³-hybridized carbons (Fsp3) is 0.400. The Kier molecular flexibility index (Phi) is 5.91. The minimum Gasteiger partial charge on any atom is -0.497 e. The van der Waals surface area contributed by atoms with E-state index in [1.807, 2.05) is 24.3 Å². The summed E-state index contributed by atoms with van der Waals surface area (Å²) in [4.78, 5) is 2.45. The molecule has 1 fully saturated rings. The van der Waals surface area contributed by atoms with Crippen LogP contribution < -0.4 is 14.8 Å². The number of hydrogen-bond donors (Lipinski definition) is 1. The lowest BCUT2D eigenvalue weighted by Gasteiger charge is -2.38. The largest absolute Gasteiger partial charge is 0.497 e. The molecule has 1 N–H and O–H groups in total. The lowest BCUT2D eigenvalue weighted by Crippen LogP contribution is -2.52. The van der Waals surface area contributed by atoms with E-state index in [1.165, 1.54) is 11.1 Å². The van der Waals surface area contributed by atoms with Crippen LogP contribution in [0.1, 0.15) is 17.2 Å². The fourth-order valence-corrected chi connectivity index (χ4v) is 3.32. The van der Waals surface area contributed by atoms with E-state index in [2.05, 4.69) is 34.5 Å². The molecular weight excluding hydrogens is 316 g/mol. The van der Waals surface area contributed by atoms with Crippen molar-refractivity contribution in [2.45, 2.75) is 12.3 Å². The summed E-state index contributed by atoms with van der Waals surface area (Å²) in [6.45, 7) is 2.70. The van der Waals surface area contributed by atoms with E-state index in [9.17, 15) is 0 Å². The molecule has 25 heavy (non-hydrogen) atoms. The van der Waals surface area contributed by atoms with Gasteiger partial charge < -0.3 is 14.2 Å². The molecule has 2 aromatic rings. The van der Waals surface area contributed by atoms with E-state index in [4.69, 9.17) is 14.2 Å². The summed E-state index contributed by atoms with van der Waals surface area (Å²) in [6.07, 6.45) is 0.0488. The third kappa shape index (κ3) is 4.12. The third-order valence-electron chi connectivity index (χ3n) is 4.68. The molecule has 1 aliphatic rings. The summed E-state index contributed by atoms with van der Waals surface area (Å²) in [5, 5.41) is 3.39. The molecule has 0 saturated carbocycles. The van der Waals surface area contributed by atoms with Gasteiger partial charge in [-0.2, -0.15) is 0 Å². The summed E-state index contributed by atoms with van der Waals surface area (Å²) in [5.41, 5.74) is 2.48. The molecule has 2 aromatic carbocycles. The molecule has 0 bridgehead atoms. The van der Waals surface area contributed by atoms with Crippen molar-refractivity contribution in [2.75, 3.05) is 41.0 Å². The van der Waals surface area contributed by atoms with Gasteiger partial charge in [0.15, 0.2) is 0 Å². The molecule has 0 spiro atoms. The number of piperazine rings is 1. The molecule has 1 atom stereocenters. The number of nitrogens with zero attached hydrogens (tertiary/aromatic N) is 1. The maximum Gasteiger partial charge on any atom is 0.120 e. The van der Waals surface area contributed by atoms with Gasteiger partial charge in [-0.25, -0.2) is 0 Å². The summed E-state index contributed by atoms with van der Waals surface area (Å²) in [7, 11) is 5.13. The summed E-state index contributed by atoms with van der Waals surface area (Å²) in [5.74, 6) is 1.74. The van der Waals surface area contributed by atoms with Crippen LogP contribution in [0.25, 0.3) is 0 Å². The molecule has 134 valence electrons. The Morgan fingerprint density at radius 3 is 1.84 bits per heavy atom. The smallest absolute Gasteiger partial charge is 0.120 e. The van der Waals surface area contributed by atoms with Gasteiger partial charge in [-0.1, -0.05) is 24.3 Å². The number of hydrogen-bond acceptors (Lipinski definition) is 5. The quantitative estimate of drug-likeness (QED) is 0.874. The first-order chi connectivity index (χ1) is 12.2. The Bertz CT molecular complexity index is 610. The minimum atomic E-state index is 0.0488. The molecule has 1 saturated heterocycles. The van der Waals surface area contributed by atoms with Crippen LogP contribution in [-0.4, -0.2) is 52.1 Å². The normalized spacial score (nSPS) is 18.3. The first-order valence-corrected chi connectivity index (χ1v) is 8.53. The average molecular weight is 342 g/mol. The van der Waals surface area contributed by atoms with Gasteiger partial charge in [-0.15, -0.1) is 0 Å². The molecule has 1 aliphatic heterocycles. The lowest BCUT2D eigenvalue weighted by molar-refractivity contribution is 0.00624. The predicted octanol–water partition coefficient (Wildman–Crippen LogP) is 2.67. The number of nitrogens with one attached hydrogen (secondary N) is 1. The van der Waals surface area contributed by atoms with Crippen LogP contribution in [0.5, 0.6) is 11.5 Å². The van der Waals surface area contributed by atoms with Gasteiger partial charge in [0.05, 0.1) is 20.3 Å². The highest BCUT2D eigenvalue weighted by Crippen LogP contribution is 2.31. The van der Waals surface area contributed by atoms with Gasteiger partial charge in [0.1, 0.15) is 17.7 Å². The van der Waals surface area contributed by atoms with Gasteiger partial charge in [0.2, 0.25) is 0 Å². The predicted molar refractivity (Wildman–Crippen MR) is 98.2 cm³/mol. The Morgan fingerprint density at radius 1 is 0.880 bits per heavy atom. The van der Waals surface area contributed by atoms with Crippen LogP contribution in [0.15, 0.2) is 48.5 Å². The molecule has 5 heteroatoms. The van der Waals surface area contributed by atoms with Crippen molar-refractivity contribution in [3.8, 4) is 11.5 Å². The monoisotopic (exact) mass is 342 g/mol. The Morgan fingerprint density at radius 2 is 1.40 bits per heavy atom. The van der Waals surface area contributed by atoms with E-state index < -0.39 is 0 Å². The Balaban J connectivity index is 1.94. The highest BCUT2D eigenvalue weighted by atomic mass is 16.5. The van der Waals surface area contributed by atoms with Crippen molar-refractivity contribution >= 4 is 0 Å². The number of ether oxygens (including phenoxy) is 3. The minimum absolute atomic E-state index is 0.0488. The van der Waals surface area contributed by atoms with E-state index in [0.717, 1.165) is 31.1 Å². The molecule has 3 rings (SSSR count). The average Bonchev–Trinajstić information content (AvgIpc) is 2.69. The number of benzene rings is 2. The molecule has 0 aliphatic carbocycles. The number of methoxy groups -OCH3 is 3. The van der Waals surface area contributed by atoms with E-state index in [-0.39, 0.29) is 12.3 Å². The maximum atomic E-state index is 5.52. The van der Waals surface area contributed by atoms with Crippen molar-refractivity contribution < 1.29 is 14.2 Å². The molecule has 1 heterocycles. The van der Waals surface area contributed by atoms with E-state index in [1.54, 1.807) is 21.3 Å². The van der Waals surface area contributed by atoms with Crippen molar-refractivity contribution in [1.29, 1.82) is 0 Å². The van der Waals surface area contributed by atoms with Gasteiger partial charge in [-0.3, -0.25) is 10.2 Å². The van der Waals surface area contributed by atoms with Crippen molar-refractivity contribution in [3.63, 3.8) is 0 Å². The Hall–Kier alpha value is -2.08. The van der Waals surface area contributed by atoms with Crippen LogP contribution in [0.3, 0.4) is 0 Å². The molecule has 1 unspecified atom stereocenters. The molecule has 0 radical (unpaired) electrons. The molecule has 0 aromatic heterocycles. The van der Waals surface area contributed by atoms with Crippen molar-refractivity contribution in [3.05, 3.63) is 59.7 Å². The van der Waals surface area contributed by atoms with Gasteiger partial charge in [-0.05, 0) is 35.4 Å². The molecule has 0 amide bonds.